The lowest BCUT2D eigenvalue weighted by Crippen LogP contribution is -2.23. The van der Waals surface area contributed by atoms with E-state index in [-0.39, 0.29) is 13.0 Å². The first-order valence-electron chi connectivity index (χ1n) is 6.90. The summed E-state index contributed by atoms with van der Waals surface area (Å²) in [4.78, 5) is 15.7. The van der Waals surface area contributed by atoms with E-state index in [4.69, 9.17) is 4.74 Å². The third kappa shape index (κ3) is 3.77. The van der Waals surface area contributed by atoms with Gasteiger partial charge in [-0.05, 0) is 37.6 Å². The number of aryl methyl sites for hydroxylation is 1. The van der Waals surface area contributed by atoms with Crippen LogP contribution in [0.15, 0.2) is 30.3 Å². The van der Waals surface area contributed by atoms with Crippen molar-refractivity contribution in [1.29, 1.82) is 0 Å². The topological polar surface area (TPSA) is 79.7 Å². The summed E-state index contributed by atoms with van der Waals surface area (Å²) in [5.74, 6) is -0.526. The average molecular weight is 289 g/mol. The van der Waals surface area contributed by atoms with Crippen LogP contribution in [0.25, 0.3) is 10.9 Å². The molecule has 0 aliphatic heterocycles. The SMILES string of the molecule is CCOC(=O)CC(O)C(O)c1ccc2nc(C)ccc2c1. The Morgan fingerprint density at radius 2 is 2.05 bits per heavy atom. The first-order chi connectivity index (χ1) is 10.0. The standard InChI is InChI=1S/C16H19NO4/c1-3-21-15(19)9-14(18)16(20)12-6-7-13-11(8-12)5-4-10(2)17-13/h4-8,14,16,18,20H,3,9H2,1-2H3. The summed E-state index contributed by atoms with van der Waals surface area (Å²) in [6.07, 6.45) is -2.57. The largest absolute Gasteiger partial charge is 0.466 e. The molecule has 0 saturated heterocycles. The maximum absolute atomic E-state index is 11.3. The van der Waals surface area contributed by atoms with Gasteiger partial charge >= 0.3 is 5.97 Å². The minimum atomic E-state index is -1.19. The fourth-order valence-corrected chi connectivity index (χ4v) is 2.15. The quantitative estimate of drug-likeness (QED) is 0.822. The Morgan fingerprint density at radius 1 is 1.29 bits per heavy atom. The Kier molecular flexibility index (Phi) is 4.88. The number of ether oxygens (including phenoxy) is 1. The van der Waals surface area contributed by atoms with E-state index in [2.05, 4.69) is 4.98 Å². The van der Waals surface area contributed by atoms with Crippen LogP contribution in [0.1, 0.15) is 30.7 Å². The molecule has 112 valence electrons. The fraction of sp³-hybridized carbons (Fsp3) is 0.375. The first-order valence-corrected chi connectivity index (χ1v) is 6.90. The molecular formula is C16H19NO4. The second-order valence-corrected chi connectivity index (χ2v) is 4.93. The Balaban J connectivity index is 2.16. The zero-order valence-electron chi connectivity index (χ0n) is 12.1. The van der Waals surface area contributed by atoms with E-state index in [1.165, 1.54) is 0 Å². The predicted molar refractivity (Wildman–Crippen MR) is 78.7 cm³/mol. The van der Waals surface area contributed by atoms with Crippen LogP contribution in [0.4, 0.5) is 0 Å². The Morgan fingerprint density at radius 3 is 2.76 bits per heavy atom. The summed E-state index contributed by atoms with van der Waals surface area (Å²) in [7, 11) is 0. The molecule has 2 atom stereocenters. The molecule has 0 amide bonds. The Labute approximate surface area is 123 Å². The molecule has 0 fully saturated rings. The van der Waals surface area contributed by atoms with Crippen LogP contribution >= 0.6 is 0 Å². The molecule has 2 unspecified atom stereocenters. The average Bonchev–Trinajstić information content (AvgIpc) is 2.46. The Bertz CT molecular complexity index is 641. The molecule has 0 bridgehead atoms. The van der Waals surface area contributed by atoms with Gasteiger partial charge in [0.05, 0.1) is 24.6 Å². The van der Waals surface area contributed by atoms with Gasteiger partial charge in [-0.1, -0.05) is 12.1 Å². The lowest BCUT2D eigenvalue weighted by molar-refractivity contribution is -0.147. The number of benzene rings is 1. The first kappa shape index (κ1) is 15.4. The lowest BCUT2D eigenvalue weighted by atomic mass is 10.0. The molecule has 2 N–H and O–H groups in total. The number of esters is 1. The second kappa shape index (κ2) is 6.65. The van der Waals surface area contributed by atoms with Gasteiger partial charge < -0.3 is 14.9 Å². The second-order valence-electron chi connectivity index (χ2n) is 4.93. The number of aliphatic hydroxyl groups is 2. The van der Waals surface area contributed by atoms with Gasteiger partial charge in [0, 0.05) is 11.1 Å². The van der Waals surface area contributed by atoms with Crippen LogP contribution in [0, 0.1) is 6.92 Å². The number of carbonyl (C=O) groups is 1. The summed E-state index contributed by atoms with van der Waals surface area (Å²) in [5, 5.41) is 20.9. The number of rotatable bonds is 5. The molecule has 5 nitrogen and oxygen atoms in total. The van der Waals surface area contributed by atoms with Crippen LogP contribution in [0.5, 0.6) is 0 Å². The molecule has 0 aliphatic carbocycles. The van der Waals surface area contributed by atoms with E-state index in [1.807, 2.05) is 19.1 Å². The summed E-state index contributed by atoms with van der Waals surface area (Å²) in [6.45, 7) is 3.85. The van der Waals surface area contributed by atoms with Gasteiger partial charge in [-0.2, -0.15) is 0 Å². The molecule has 2 aromatic rings. The van der Waals surface area contributed by atoms with Crippen molar-refractivity contribution in [3.05, 3.63) is 41.6 Å². The number of carbonyl (C=O) groups excluding carboxylic acids is 1. The third-order valence-corrected chi connectivity index (χ3v) is 3.24. The highest BCUT2D eigenvalue weighted by Crippen LogP contribution is 2.23. The summed E-state index contributed by atoms with van der Waals surface area (Å²) >= 11 is 0. The lowest BCUT2D eigenvalue weighted by Gasteiger charge is -2.17. The van der Waals surface area contributed by atoms with Gasteiger partial charge in [-0.3, -0.25) is 9.78 Å². The third-order valence-electron chi connectivity index (χ3n) is 3.24. The van der Waals surface area contributed by atoms with E-state index in [0.29, 0.717) is 5.56 Å². The maximum atomic E-state index is 11.3. The molecule has 0 aliphatic rings. The highest BCUT2D eigenvalue weighted by molar-refractivity contribution is 5.79. The van der Waals surface area contributed by atoms with Gasteiger partial charge in [-0.15, -0.1) is 0 Å². The van der Waals surface area contributed by atoms with E-state index in [9.17, 15) is 15.0 Å². The van der Waals surface area contributed by atoms with Crippen LogP contribution in [-0.2, 0) is 9.53 Å². The summed E-state index contributed by atoms with van der Waals surface area (Å²) < 4.78 is 4.76. The Hall–Kier alpha value is -1.98. The minimum Gasteiger partial charge on any atom is -0.466 e. The van der Waals surface area contributed by atoms with E-state index in [0.717, 1.165) is 16.6 Å². The predicted octanol–water partition coefficient (Wildman–Crippen LogP) is 1.89. The number of aromatic nitrogens is 1. The van der Waals surface area contributed by atoms with Crippen molar-refractivity contribution in [2.45, 2.75) is 32.5 Å². The van der Waals surface area contributed by atoms with Gasteiger partial charge in [0.15, 0.2) is 0 Å². The van der Waals surface area contributed by atoms with Crippen molar-refractivity contribution < 1.29 is 19.7 Å². The smallest absolute Gasteiger partial charge is 0.308 e. The summed E-state index contributed by atoms with van der Waals surface area (Å²) in [5.41, 5.74) is 2.29. The van der Waals surface area contributed by atoms with Gasteiger partial charge in [0.1, 0.15) is 6.10 Å². The van der Waals surface area contributed by atoms with E-state index < -0.39 is 18.2 Å². The van der Waals surface area contributed by atoms with Crippen LogP contribution in [0.3, 0.4) is 0 Å². The van der Waals surface area contributed by atoms with Crippen LogP contribution < -0.4 is 0 Å². The highest BCUT2D eigenvalue weighted by atomic mass is 16.5. The minimum absolute atomic E-state index is 0.237. The zero-order valence-corrected chi connectivity index (χ0v) is 12.1. The van der Waals surface area contributed by atoms with E-state index in [1.54, 1.807) is 25.1 Å². The molecule has 21 heavy (non-hydrogen) atoms. The monoisotopic (exact) mass is 289 g/mol. The normalized spacial score (nSPS) is 13.9. The van der Waals surface area contributed by atoms with Crippen molar-refractivity contribution in [2.75, 3.05) is 6.61 Å². The van der Waals surface area contributed by atoms with Crippen LogP contribution in [0.2, 0.25) is 0 Å². The molecule has 1 heterocycles. The molecule has 0 radical (unpaired) electrons. The van der Waals surface area contributed by atoms with Crippen molar-refractivity contribution in [3.63, 3.8) is 0 Å². The molecule has 0 spiro atoms. The molecule has 0 saturated carbocycles. The molecule has 2 rings (SSSR count). The number of hydrogen-bond acceptors (Lipinski definition) is 5. The maximum Gasteiger partial charge on any atom is 0.308 e. The van der Waals surface area contributed by atoms with E-state index >= 15 is 0 Å². The van der Waals surface area contributed by atoms with Gasteiger partial charge in [0.25, 0.3) is 0 Å². The van der Waals surface area contributed by atoms with Gasteiger partial charge in [-0.25, -0.2) is 0 Å². The highest BCUT2D eigenvalue weighted by Gasteiger charge is 2.22. The van der Waals surface area contributed by atoms with Crippen molar-refractivity contribution in [2.24, 2.45) is 0 Å². The zero-order chi connectivity index (χ0) is 15.4. The number of aliphatic hydroxyl groups excluding tert-OH is 2. The summed E-state index contributed by atoms with van der Waals surface area (Å²) in [6, 6.07) is 9.05. The van der Waals surface area contributed by atoms with Crippen molar-refractivity contribution in [3.8, 4) is 0 Å². The molecular weight excluding hydrogens is 270 g/mol. The number of nitrogens with zero attached hydrogens (tertiary/aromatic N) is 1. The molecule has 1 aromatic heterocycles. The fourth-order valence-electron chi connectivity index (χ4n) is 2.15. The molecule has 1 aromatic carbocycles. The van der Waals surface area contributed by atoms with Gasteiger partial charge in [0.2, 0.25) is 0 Å². The van der Waals surface area contributed by atoms with Crippen molar-refractivity contribution in [1.82, 2.24) is 4.98 Å². The van der Waals surface area contributed by atoms with Crippen molar-refractivity contribution >= 4 is 16.9 Å². The van der Waals surface area contributed by atoms with Crippen LogP contribution in [-0.4, -0.2) is 33.9 Å². The number of pyridine rings is 1. The number of hydrogen-bond donors (Lipinski definition) is 2. The molecule has 5 heteroatoms. The number of fused-ring (bicyclic) bond motifs is 1.